The summed E-state index contributed by atoms with van der Waals surface area (Å²) in [7, 11) is 0. The summed E-state index contributed by atoms with van der Waals surface area (Å²) in [5, 5.41) is 20.2. The molecule has 0 bridgehead atoms. The smallest absolute Gasteiger partial charge is 0.277 e. The minimum atomic E-state index is -0.446. The van der Waals surface area contributed by atoms with E-state index in [2.05, 4.69) is 0 Å². The molecule has 0 saturated carbocycles. The number of aromatic hydroxyl groups is 1. The van der Waals surface area contributed by atoms with Crippen molar-refractivity contribution >= 4 is 11.4 Å². The molecule has 0 aliphatic carbocycles. The van der Waals surface area contributed by atoms with Crippen LogP contribution in [0, 0.1) is 10.1 Å². The Labute approximate surface area is 97.3 Å². The second-order valence-electron chi connectivity index (χ2n) is 3.55. The molecule has 86 valence electrons. The van der Waals surface area contributed by atoms with Gasteiger partial charge in [0.1, 0.15) is 5.75 Å². The quantitative estimate of drug-likeness (QED) is 0.359. The van der Waals surface area contributed by atoms with Crippen molar-refractivity contribution in [1.29, 1.82) is 0 Å². The Morgan fingerprint density at radius 1 is 1.18 bits per heavy atom. The molecule has 0 heterocycles. The molecule has 0 aliphatic heterocycles. The standard InChI is InChI=1S/C12H10N2O3/c13-10-7-8(5-6-12(10)15)9-3-1-2-4-11(9)14(16)17/h1-7,15H,13H2. The Hall–Kier alpha value is -2.56. The largest absolute Gasteiger partial charge is 0.506 e. The fourth-order valence-corrected chi connectivity index (χ4v) is 1.60. The molecule has 0 unspecified atom stereocenters. The summed E-state index contributed by atoms with van der Waals surface area (Å²) in [5.41, 5.74) is 6.85. The monoisotopic (exact) mass is 230 g/mol. The summed E-state index contributed by atoms with van der Waals surface area (Å²) in [6, 6.07) is 10.9. The molecule has 2 aromatic carbocycles. The van der Waals surface area contributed by atoms with Gasteiger partial charge < -0.3 is 10.8 Å². The number of benzene rings is 2. The van der Waals surface area contributed by atoms with Crippen LogP contribution >= 0.6 is 0 Å². The van der Waals surface area contributed by atoms with Gasteiger partial charge in [0.25, 0.3) is 5.69 Å². The third-order valence-corrected chi connectivity index (χ3v) is 2.44. The molecule has 5 nitrogen and oxygen atoms in total. The molecule has 3 N–H and O–H groups in total. The molecule has 2 aromatic rings. The van der Waals surface area contributed by atoms with Crippen molar-refractivity contribution in [2.24, 2.45) is 0 Å². The van der Waals surface area contributed by atoms with E-state index in [9.17, 15) is 15.2 Å². The predicted molar refractivity (Wildman–Crippen MR) is 64.6 cm³/mol. The first-order valence-corrected chi connectivity index (χ1v) is 4.92. The Morgan fingerprint density at radius 2 is 1.88 bits per heavy atom. The average molecular weight is 230 g/mol. The normalized spacial score (nSPS) is 10.1. The maximum absolute atomic E-state index is 10.9. The number of para-hydroxylation sites is 1. The van der Waals surface area contributed by atoms with E-state index in [0.29, 0.717) is 11.1 Å². The highest BCUT2D eigenvalue weighted by Crippen LogP contribution is 2.32. The first-order chi connectivity index (χ1) is 8.09. The van der Waals surface area contributed by atoms with Crippen LogP contribution in [0.1, 0.15) is 0 Å². The second-order valence-corrected chi connectivity index (χ2v) is 3.55. The van der Waals surface area contributed by atoms with E-state index >= 15 is 0 Å². The van der Waals surface area contributed by atoms with Crippen LogP contribution < -0.4 is 5.73 Å². The van der Waals surface area contributed by atoms with Gasteiger partial charge in [0.15, 0.2) is 0 Å². The third-order valence-electron chi connectivity index (χ3n) is 2.44. The Balaban J connectivity index is 2.60. The molecule has 17 heavy (non-hydrogen) atoms. The lowest BCUT2D eigenvalue weighted by atomic mass is 10.0. The van der Waals surface area contributed by atoms with Crippen molar-refractivity contribution in [3.8, 4) is 16.9 Å². The molecular formula is C12H10N2O3. The van der Waals surface area contributed by atoms with Crippen molar-refractivity contribution in [2.75, 3.05) is 5.73 Å². The molecular weight excluding hydrogens is 220 g/mol. The number of anilines is 1. The van der Waals surface area contributed by atoms with Crippen LogP contribution in [-0.2, 0) is 0 Å². The van der Waals surface area contributed by atoms with Gasteiger partial charge in [-0.3, -0.25) is 10.1 Å². The molecule has 0 amide bonds. The van der Waals surface area contributed by atoms with Gasteiger partial charge >= 0.3 is 0 Å². The van der Waals surface area contributed by atoms with E-state index in [-0.39, 0.29) is 17.1 Å². The first-order valence-electron chi connectivity index (χ1n) is 4.92. The highest BCUT2D eigenvalue weighted by Gasteiger charge is 2.14. The zero-order valence-electron chi connectivity index (χ0n) is 8.83. The van der Waals surface area contributed by atoms with E-state index in [1.54, 1.807) is 24.3 Å². The first kappa shape index (κ1) is 10.9. The number of nitrogens with two attached hydrogens (primary N) is 1. The van der Waals surface area contributed by atoms with Crippen LogP contribution in [0.25, 0.3) is 11.1 Å². The highest BCUT2D eigenvalue weighted by atomic mass is 16.6. The minimum Gasteiger partial charge on any atom is -0.506 e. The zero-order chi connectivity index (χ0) is 12.4. The van der Waals surface area contributed by atoms with Crippen molar-refractivity contribution in [3.05, 3.63) is 52.6 Å². The number of nitro groups is 1. The molecule has 0 atom stereocenters. The van der Waals surface area contributed by atoms with Gasteiger partial charge in [-0.05, 0) is 23.8 Å². The summed E-state index contributed by atoms with van der Waals surface area (Å²) >= 11 is 0. The number of hydrogen-bond acceptors (Lipinski definition) is 4. The molecule has 0 spiro atoms. The van der Waals surface area contributed by atoms with Gasteiger partial charge in [0.05, 0.1) is 16.2 Å². The van der Waals surface area contributed by atoms with E-state index < -0.39 is 4.92 Å². The Morgan fingerprint density at radius 3 is 2.53 bits per heavy atom. The van der Waals surface area contributed by atoms with Crippen LogP contribution in [0.15, 0.2) is 42.5 Å². The van der Waals surface area contributed by atoms with E-state index in [4.69, 9.17) is 5.73 Å². The van der Waals surface area contributed by atoms with E-state index in [1.165, 1.54) is 18.2 Å². The van der Waals surface area contributed by atoms with Gasteiger partial charge in [0, 0.05) is 6.07 Å². The number of phenolic OH excluding ortho intramolecular Hbond substituents is 1. The molecule has 5 heteroatoms. The van der Waals surface area contributed by atoms with Crippen LogP contribution in [0.2, 0.25) is 0 Å². The van der Waals surface area contributed by atoms with Gasteiger partial charge in [-0.1, -0.05) is 18.2 Å². The van der Waals surface area contributed by atoms with Crippen molar-refractivity contribution < 1.29 is 10.0 Å². The SMILES string of the molecule is Nc1cc(-c2ccccc2[N+](=O)[O-])ccc1O. The lowest BCUT2D eigenvalue weighted by Gasteiger charge is -2.05. The topological polar surface area (TPSA) is 89.4 Å². The lowest BCUT2D eigenvalue weighted by molar-refractivity contribution is -0.384. The van der Waals surface area contributed by atoms with Crippen molar-refractivity contribution in [2.45, 2.75) is 0 Å². The van der Waals surface area contributed by atoms with E-state index in [1.807, 2.05) is 0 Å². The third kappa shape index (κ3) is 2.03. The van der Waals surface area contributed by atoms with Gasteiger partial charge in [0.2, 0.25) is 0 Å². The zero-order valence-corrected chi connectivity index (χ0v) is 8.83. The van der Waals surface area contributed by atoms with Gasteiger partial charge in [-0.15, -0.1) is 0 Å². The lowest BCUT2D eigenvalue weighted by Crippen LogP contribution is -1.92. The van der Waals surface area contributed by atoms with Crippen LogP contribution in [-0.4, -0.2) is 10.0 Å². The maximum atomic E-state index is 10.9. The summed E-state index contributed by atoms with van der Waals surface area (Å²) < 4.78 is 0. The number of phenols is 1. The summed E-state index contributed by atoms with van der Waals surface area (Å²) in [6.45, 7) is 0. The van der Waals surface area contributed by atoms with E-state index in [0.717, 1.165) is 0 Å². The van der Waals surface area contributed by atoms with Gasteiger partial charge in [-0.2, -0.15) is 0 Å². The van der Waals surface area contributed by atoms with Crippen LogP contribution in [0.3, 0.4) is 0 Å². The molecule has 0 aromatic heterocycles. The number of rotatable bonds is 2. The Kier molecular flexibility index (Phi) is 2.66. The molecule has 0 saturated heterocycles. The number of nitrogens with zero attached hydrogens (tertiary/aromatic N) is 1. The van der Waals surface area contributed by atoms with Crippen molar-refractivity contribution in [3.63, 3.8) is 0 Å². The van der Waals surface area contributed by atoms with Crippen LogP contribution in [0.5, 0.6) is 5.75 Å². The minimum absolute atomic E-state index is 0.0117. The molecule has 2 rings (SSSR count). The number of nitrogen functional groups attached to an aromatic ring is 1. The molecule has 0 radical (unpaired) electrons. The van der Waals surface area contributed by atoms with Gasteiger partial charge in [-0.25, -0.2) is 0 Å². The van der Waals surface area contributed by atoms with Crippen molar-refractivity contribution in [1.82, 2.24) is 0 Å². The second kappa shape index (κ2) is 4.13. The summed E-state index contributed by atoms with van der Waals surface area (Å²) in [6.07, 6.45) is 0. The number of nitro benzene ring substituents is 1. The number of hydrogen-bond donors (Lipinski definition) is 2. The fourth-order valence-electron chi connectivity index (χ4n) is 1.60. The maximum Gasteiger partial charge on any atom is 0.277 e. The molecule has 0 aliphatic rings. The average Bonchev–Trinajstić information content (AvgIpc) is 2.32. The van der Waals surface area contributed by atoms with Crippen LogP contribution in [0.4, 0.5) is 11.4 Å². The summed E-state index contributed by atoms with van der Waals surface area (Å²) in [5.74, 6) is -0.0349. The highest BCUT2D eigenvalue weighted by molar-refractivity contribution is 5.77. The summed E-state index contributed by atoms with van der Waals surface area (Å²) in [4.78, 5) is 10.4. The fraction of sp³-hybridized carbons (Fsp3) is 0. The molecule has 0 fully saturated rings. The predicted octanol–water partition coefficient (Wildman–Crippen LogP) is 2.55. The Bertz CT molecular complexity index is 582.